The third-order valence-electron chi connectivity index (χ3n) is 19.1. The smallest absolute Gasteiger partial charge is 0.0138 e. The third kappa shape index (κ3) is 1.33. The van der Waals surface area contributed by atoms with Crippen LogP contribution in [0.2, 0.25) is 0 Å². The maximum absolute atomic E-state index is 2.90. The minimum Gasteiger partial charge on any atom is -0.0845 e. The lowest BCUT2D eigenvalue weighted by Gasteiger charge is -2.59. The molecule has 0 amide bonds. The van der Waals surface area contributed by atoms with Crippen LogP contribution in [0.4, 0.5) is 0 Å². The van der Waals surface area contributed by atoms with Crippen LogP contribution in [0.1, 0.15) is 25.7 Å². The summed E-state index contributed by atoms with van der Waals surface area (Å²) in [4.78, 5) is 0. The molecule has 9 fully saturated rings. The van der Waals surface area contributed by atoms with E-state index in [9.17, 15) is 0 Å². The summed E-state index contributed by atoms with van der Waals surface area (Å²) in [6.45, 7) is 0. The molecule has 0 aromatic carbocycles. The van der Waals surface area contributed by atoms with Gasteiger partial charge in [-0.1, -0.05) is 42.0 Å². The van der Waals surface area contributed by atoms with Gasteiger partial charge in [0.2, 0.25) is 0 Å². The molecule has 0 spiro atoms. The van der Waals surface area contributed by atoms with Gasteiger partial charge >= 0.3 is 0 Å². The molecule has 22 unspecified atom stereocenters. The van der Waals surface area contributed by atoms with Crippen molar-refractivity contribution in [2.24, 2.45) is 130 Å². The summed E-state index contributed by atoms with van der Waals surface area (Å²) < 4.78 is 0. The second-order valence-electron chi connectivity index (χ2n) is 18.3. The molecule has 0 radical (unpaired) electrons. The van der Waals surface area contributed by atoms with E-state index in [0.29, 0.717) is 0 Å². The first-order valence-electron chi connectivity index (χ1n) is 17.9. The Kier molecular flexibility index (Phi) is 2.36. The molecule has 16 aliphatic rings. The molecule has 9 saturated carbocycles. The number of allylic oxidation sites excluding steroid dienone is 14. The van der Waals surface area contributed by atoms with Gasteiger partial charge in [-0.05, 0) is 189 Å². The Balaban J connectivity index is 1.15. The van der Waals surface area contributed by atoms with Crippen LogP contribution in [-0.4, -0.2) is 0 Å². The quantitative estimate of drug-likeness (QED) is 0.299. The van der Waals surface area contributed by atoms with Gasteiger partial charge in [-0.25, -0.2) is 0 Å². The first-order chi connectivity index (χ1) is 19.9. The largest absolute Gasteiger partial charge is 0.0845 e. The molecule has 0 aliphatic heterocycles. The summed E-state index contributed by atoms with van der Waals surface area (Å²) in [5, 5.41) is 0. The van der Waals surface area contributed by atoms with Crippen molar-refractivity contribution >= 4 is 0 Å². The van der Waals surface area contributed by atoms with E-state index in [1.54, 1.807) is 36.8 Å². The zero-order chi connectivity index (χ0) is 24.4. The summed E-state index contributed by atoms with van der Waals surface area (Å²) >= 11 is 0. The maximum atomic E-state index is 2.90. The molecule has 0 aromatic rings. The van der Waals surface area contributed by atoms with Crippen molar-refractivity contribution in [2.75, 3.05) is 0 Å². The molecule has 0 saturated heterocycles. The minimum absolute atomic E-state index is 0.753. The molecule has 40 heavy (non-hydrogen) atoms. The van der Waals surface area contributed by atoms with E-state index in [1.807, 2.05) is 16.7 Å². The Morgan fingerprint density at radius 2 is 1.05 bits per heavy atom. The summed E-state index contributed by atoms with van der Waals surface area (Å²) in [6, 6.07) is 0. The second kappa shape index (κ2) is 5.05. The molecule has 16 rings (SSSR count). The first kappa shape index (κ1) is 18.7. The zero-order valence-corrected chi connectivity index (χ0v) is 23.0. The van der Waals surface area contributed by atoms with Gasteiger partial charge in [-0.3, -0.25) is 0 Å². The summed E-state index contributed by atoms with van der Waals surface area (Å²) in [6.07, 6.45) is 23.2. The van der Waals surface area contributed by atoms with Crippen molar-refractivity contribution in [2.45, 2.75) is 25.7 Å². The van der Waals surface area contributed by atoms with Crippen LogP contribution in [0.15, 0.2) is 81.0 Å². The van der Waals surface area contributed by atoms with Gasteiger partial charge in [-0.2, -0.15) is 0 Å². The van der Waals surface area contributed by atoms with E-state index in [1.165, 1.54) is 0 Å². The molecular weight excluding hydrogens is 480 g/mol. The Labute approximate surface area is 236 Å². The second-order valence-corrected chi connectivity index (χ2v) is 18.3. The fourth-order valence-corrected chi connectivity index (χ4v) is 19.8. The van der Waals surface area contributed by atoms with Gasteiger partial charge in [0.15, 0.2) is 0 Å². The fraction of sp³-hybridized carbons (Fsp3) is 0.650. The van der Waals surface area contributed by atoms with Gasteiger partial charge in [-0.15, -0.1) is 0 Å². The van der Waals surface area contributed by atoms with Crippen molar-refractivity contribution in [3.8, 4) is 0 Å². The Bertz CT molecular complexity index is 1760. The monoisotopic (exact) mass is 516 g/mol. The lowest BCUT2D eigenvalue weighted by molar-refractivity contribution is -0.111. The Morgan fingerprint density at radius 3 is 1.93 bits per heavy atom. The van der Waals surface area contributed by atoms with E-state index in [-0.39, 0.29) is 0 Å². The highest BCUT2D eigenvalue weighted by Crippen LogP contribution is 2.88. The van der Waals surface area contributed by atoms with E-state index < -0.39 is 0 Å². The predicted octanol–water partition coefficient (Wildman–Crippen LogP) is 7.18. The minimum atomic E-state index is 0.753. The van der Waals surface area contributed by atoms with Crippen LogP contribution in [0.25, 0.3) is 0 Å². The van der Waals surface area contributed by atoms with Crippen molar-refractivity contribution in [3.05, 3.63) is 81.0 Å². The average molecular weight is 517 g/mol. The molecule has 22 atom stereocenters. The van der Waals surface area contributed by atoms with E-state index in [4.69, 9.17) is 0 Å². The van der Waals surface area contributed by atoms with Crippen LogP contribution in [0.5, 0.6) is 0 Å². The Morgan fingerprint density at radius 1 is 0.400 bits per heavy atom. The highest BCUT2D eigenvalue weighted by atomic mass is 14.9. The third-order valence-corrected chi connectivity index (χ3v) is 19.1. The van der Waals surface area contributed by atoms with E-state index >= 15 is 0 Å². The lowest BCUT2D eigenvalue weighted by atomic mass is 9.44. The van der Waals surface area contributed by atoms with Crippen LogP contribution in [0, 0.1) is 130 Å². The standard InChI is InChI=1S/C40H36/c1-2-12-14-5-6-16-18-9-10-20-19-8-7-17-15-4-3-13-11(1)21-22(12)32-24(14)26(16)34-29(18)30(20)35-28(19)27(17)33-25(15)23(13)31(21)36-37(32)39(34)40(35)38(33)36/h1-6,11,13,15-21,23,25-30,33-35,38-40H,7-10H2. The van der Waals surface area contributed by atoms with Crippen molar-refractivity contribution in [3.63, 3.8) is 0 Å². The molecule has 0 heterocycles. The normalized spacial score (nSPS) is 71.4. The molecule has 0 heteroatoms. The summed E-state index contributed by atoms with van der Waals surface area (Å²) in [5.41, 5.74) is 15.6. The van der Waals surface area contributed by atoms with Gasteiger partial charge in [0, 0.05) is 5.92 Å². The molecule has 0 aromatic heterocycles. The van der Waals surface area contributed by atoms with Crippen molar-refractivity contribution in [1.82, 2.24) is 0 Å². The number of fused-ring (bicyclic) bond motifs is 5. The number of hydrogen-bond acceptors (Lipinski definition) is 0. The predicted molar refractivity (Wildman–Crippen MR) is 151 cm³/mol. The van der Waals surface area contributed by atoms with Crippen LogP contribution in [-0.2, 0) is 0 Å². The average Bonchev–Trinajstić information content (AvgIpc) is 3.79. The van der Waals surface area contributed by atoms with Gasteiger partial charge in [0.25, 0.3) is 0 Å². The van der Waals surface area contributed by atoms with E-state index in [0.717, 1.165) is 130 Å². The van der Waals surface area contributed by atoms with E-state index in [2.05, 4.69) is 53.2 Å². The van der Waals surface area contributed by atoms with Gasteiger partial charge < -0.3 is 0 Å². The van der Waals surface area contributed by atoms with Crippen LogP contribution < -0.4 is 0 Å². The SMILES string of the molecule is C1=CC2C3C4=C1C1=C5C4=C4C6=C3C3C2C=CC2C7CCC8C9CCC%10C(C=C1)C5C1C4C4C6C(C23)C7C8C4C9C%101. The first-order valence-corrected chi connectivity index (χ1v) is 17.9. The highest BCUT2D eigenvalue weighted by Gasteiger charge is 2.82. The molecule has 0 N–H and O–H groups in total. The summed E-state index contributed by atoms with van der Waals surface area (Å²) in [5.74, 6) is 21.8. The zero-order valence-electron chi connectivity index (χ0n) is 23.0. The molecule has 196 valence electrons. The van der Waals surface area contributed by atoms with Crippen LogP contribution in [0.3, 0.4) is 0 Å². The van der Waals surface area contributed by atoms with Gasteiger partial charge in [0.1, 0.15) is 0 Å². The van der Waals surface area contributed by atoms with Crippen molar-refractivity contribution in [1.29, 1.82) is 0 Å². The molecular formula is C40H36. The number of hydrogen-bond donors (Lipinski definition) is 0. The van der Waals surface area contributed by atoms with Crippen LogP contribution >= 0.6 is 0 Å². The lowest BCUT2D eigenvalue weighted by Crippen LogP contribution is -2.56. The molecule has 0 nitrogen and oxygen atoms in total. The topological polar surface area (TPSA) is 0 Å². The number of rotatable bonds is 0. The van der Waals surface area contributed by atoms with Gasteiger partial charge in [0.05, 0.1) is 0 Å². The maximum Gasteiger partial charge on any atom is 0.0138 e. The Hall–Kier alpha value is -1.82. The highest BCUT2D eigenvalue weighted by molar-refractivity contribution is 5.82. The molecule has 16 aliphatic carbocycles. The molecule has 0 bridgehead atoms. The fourth-order valence-electron chi connectivity index (χ4n) is 19.8. The summed E-state index contributed by atoms with van der Waals surface area (Å²) in [7, 11) is 0. The van der Waals surface area contributed by atoms with Crippen molar-refractivity contribution < 1.29 is 0 Å².